The number of rotatable bonds is 10. The second-order valence-corrected chi connectivity index (χ2v) is 6.44. The molecule has 0 rings (SSSR count). The largest absolute Gasteiger partial charge is 0.483 e. The van der Waals surface area contributed by atoms with Gasteiger partial charge in [-0.25, -0.2) is 4.79 Å². The summed E-state index contributed by atoms with van der Waals surface area (Å²) in [6.07, 6.45) is -55.0. The predicted octanol–water partition coefficient (Wildman–Crippen LogP) is 11.6. The fraction of sp³-hybridized carbons (Fsp3) is 0.889. The van der Waals surface area contributed by atoms with Gasteiger partial charge >= 0.3 is 61.3 Å². The Balaban J connectivity index is -0.0000000930. The quantitative estimate of drug-likeness (QED) is 0.124. The molecular formula is C18H23F25O6. The average molecular weight is 810 g/mol. The third-order valence-electron chi connectivity index (χ3n) is 2.69. The number of aldehydes is 1. The molecule has 6 nitrogen and oxygen atoms in total. The summed E-state index contributed by atoms with van der Waals surface area (Å²) >= 11 is 0. The highest BCUT2D eigenvalue weighted by Gasteiger charge is 2.80. The molecule has 0 bridgehead atoms. The number of hydrogen-bond acceptors (Lipinski definition) is 6. The first-order valence-electron chi connectivity index (χ1n) is 8.98. The first kappa shape index (κ1) is 64.9. The van der Waals surface area contributed by atoms with Crippen LogP contribution >= 0.6 is 0 Å². The summed E-state index contributed by atoms with van der Waals surface area (Å²) in [4.78, 5) is 20.2. The molecule has 0 saturated heterocycles. The summed E-state index contributed by atoms with van der Waals surface area (Å²) in [5.74, 6) is -7.24. The lowest BCUT2D eigenvalue weighted by Gasteiger charge is -2.36. The molecule has 0 aromatic heterocycles. The second-order valence-electron chi connectivity index (χ2n) is 6.44. The summed E-state index contributed by atoms with van der Waals surface area (Å²) in [5, 5.41) is 0. The van der Waals surface area contributed by atoms with E-state index in [0.717, 1.165) is 0 Å². The Labute approximate surface area is 257 Å². The Morgan fingerprint density at radius 2 is 0.878 bits per heavy atom. The SMILES string of the molecule is C.C.C.C.FOC(F)(F)C(F)(F)OC(F)(C(F)(F)F)C(F)(F)OCC(F)(F)F.FOC(F)(F)CC(F)(F)F.O=C(F)F.O=CCC(F)(F)F. The van der Waals surface area contributed by atoms with Crippen LogP contribution in [0.1, 0.15) is 42.5 Å². The summed E-state index contributed by atoms with van der Waals surface area (Å²) in [5.41, 5.74) is 0. The van der Waals surface area contributed by atoms with Crippen LogP contribution in [-0.4, -0.2) is 74.2 Å². The van der Waals surface area contributed by atoms with E-state index in [9.17, 15) is 110 Å². The van der Waals surface area contributed by atoms with E-state index in [1.807, 2.05) is 0 Å². The monoisotopic (exact) mass is 810 g/mol. The van der Waals surface area contributed by atoms with Crippen molar-refractivity contribution in [3.05, 3.63) is 0 Å². The number of alkyl halides is 21. The van der Waals surface area contributed by atoms with E-state index in [1.165, 1.54) is 4.94 Å². The molecule has 0 aliphatic rings. The third-order valence-corrected chi connectivity index (χ3v) is 2.69. The molecule has 0 spiro atoms. The van der Waals surface area contributed by atoms with Crippen molar-refractivity contribution in [3.8, 4) is 0 Å². The van der Waals surface area contributed by atoms with Crippen molar-refractivity contribution in [2.75, 3.05) is 6.61 Å². The van der Waals surface area contributed by atoms with E-state index in [-0.39, 0.29) is 36.0 Å². The van der Waals surface area contributed by atoms with Crippen molar-refractivity contribution in [2.24, 2.45) is 0 Å². The van der Waals surface area contributed by atoms with Gasteiger partial charge in [0.05, 0.1) is 6.42 Å². The maximum Gasteiger partial charge on any atom is 0.483 e. The molecule has 0 aliphatic heterocycles. The fourth-order valence-electron chi connectivity index (χ4n) is 1.18. The molecular weight excluding hydrogens is 787 g/mol. The average Bonchev–Trinajstić information content (AvgIpc) is 2.74. The van der Waals surface area contributed by atoms with Gasteiger partial charge in [-0.1, -0.05) is 29.7 Å². The van der Waals surface area contributed by atoms with Crippen LogP contribution in [0.2, 0.25) is 0 Å². The van der Waals surface area contributed by atoms with Crippen molar-refractivity contribution in [1.29, 1.82) is 0 Å². The van der Waals surface area contributed by atoms with E-state index in [4.69, 9.17) is 9.59 Å². The Hall–Kier alpha value is -2.57. The van der Waals surface area contributed by atoms with Crippen LogP contribution in [-0.2, 0) is 24.2 Å². The molecule has 1 unspecified atom stereocenters. The van der Waals surface area contributed by atoms with Crippen LogP contribution in [0.15, 0.2) is 0 Å². The van der Waals surface area contributed by atoms with E-state index in [2.05, 4.69) is 4.74 Å². The van der Waals surface area contributed by atoms with Gasteiger partial charge in [0.1, 0.15) is 19.3 Å². The minimum atomic E-state index is -7.34. The smallest absolute Gasteiger partial charge is 0.306 e. The topological polar surface area (TPSA) is 71.1 Å². The number of halogens is 25. The van der Waals surface area contributed by atoms with Crippen LogP contribution in [0, 0.1) is 0 Å². The van der Waals surface area contributed by atoms with Gasteiger partial charge in [0, 0.05) is 0 Å². The number of ether oxygens (including phenoxy) is 2. The molecule has 0 fully saturated rings. The zero-order valence-corrected chi connectivity index (χ0v) is 19.6. The van der Waals surface area contributed by atoms with E-state index >= 15 is 0 Å². The van der Waals surface area contributed by atoms with Gasteiger partial charge in [-0.3, -0.25) is 4.74 Å². The van der Waals surface area contributed by atoms with Crippen molar-refractivity contribution in [1.82, 2.24) is 0 Å². The second kappa shape index (κ2) is 23.0. The molecule has 31 heteroatoms. The zero-order chi connectivity index (χ0) is 37.7. The highest BCUT2D eigenvalue weighted by atomic mass is 19.4. The molecule has 0 aliphatic carbocycles. The van der Waals surface area contributed by atoms with Crippen molar-refractivity contribution < 1.29 is 139 Å². The van der Waals surface area contributed by atoms with E-state index in [0.29, 0.717) is 0 Å². The van der Waals surface area contributed by atoms with Gasteiger partial charge in [0.25, 0.3) is 0 Å². The summed E-state index contributed by atoms with van der Waals surface area (Å²) in [6.45, 7) is -3.31. The lowest BCUT2D eigenvalue weighted by molar-refractivity contribution is -0.555. The van der Waals surface area contributed by atoms with Crippen LogP contribution < -0.4 is 0 Å². The summed E-state index contributed by atoms with van der Waals surface area (Å²) in [7, 11) is 0. The molecule has 0 radical (unpaired) electrons. The van der Waals surface area contributed by atoms with E-state index in [1.54, 1.807) is 9.68 Å². The molecule has 1 atom stereocenters. The predicted molar refractivity (Wildman–Crippen MR) is 109 cm³/mol. The minimum Gasteiger partial charge on any atom is -0.306 e. The van der Waals surface area contributed by atoms with Gasteiger partial charge in [-0.2, -0.15) is 92.2 Å². The standard InChI is InChI=1S/C7H2F14O3.C3H2F6O.C3H3F3O.CF2O.4CH4/c8-2(9,10)1-22-5(15,16)3(11,4(12,13)14)23-6(17,18)7(19,20)24-21;4-2(5,6)1-3(7,8)10-9;4-3(5,6)1-2-7;2-1(3)4;;;;/h1H2;1H2;2H,1H2;;4*1H4. The van der Waals surface area contributed by atoms with Crippen molar-refractivity contribution in [2.45, 2.75) is 97.5 Å². The molecule has 0 heterocycles. The minimum absolute atomic E-state index is 0. The number of hydrogen-bond donors (Lipinski definition) is 0. The first-order chi connectivity index (χ1) is 19.3. The Morgan fingerprint density at radius 1 is 0.531 bits per heavy atom. The van der Waals surface area contributed by atoms with Gasteiger partial charge in [0.15, 0.2) is 0 Å². The van der Waals surface area contributed by atoms with Crippen LogP contribution in [0.4, 0.5) is 115 Å². The van der Waals surface area contributed by atoms with Crippen LogP contribution in [0.3, 0.4) is 0 Å². The van der Waals surface area contributed by atoms with Crippen molar-refractivity contribution in [3.63, 3.8) is 0 Å². The Morgan fingerprint density at radius 3 is 1.04 bits per heavy atom. The van der Waals surface area contributed by atoms with Crippen LogP contribution in [0.25, 0.3) is 0 Å². The fourth-order valence-corrected chi connectivity index (χ4v) is 1.18. The van der Waals surface area contributed by atoms with Gasteiger partial charge in [-0.15, -0.1) is 18.7 Å². The molecule has 49 heavy (non-hydrogen) atoms. The molecule has 0 saturated carbocycles. The number of carbonyl (C=O) groups is 2. The number of carbonyl (C=O) groups excluding carboxylic acids is 2. The third kappa shape index (κ3) is 30.0. The van der Waals surface area contributed by atoms with E-state index < -0.39 is 80.7 Å². The van der Waals surface area contributed by atoms with Gasteiger partial charge in [0.2, 0.25) is 0 Å². The summed E-state index contributed by atoms with van der Waals surface area (Å²) < 4.78 is 293. The van der Waals surface area contributed by atoms with Gasteiger partial charge < -0.3 is 9.53 Å². The lowest BCUT2D eigenvalue weighted by atomic mass is 10.2. The first-order valence-corrected chi connectivity index (χ1v) is 8.98. The highest BCUT2D eigenvalue weighted by molar-refractivity contribution is 5.55. The maximum atomic E-state index is 13.2. The molecule has 0 N–H and O–H groups in total. The molecule has 306 valence electrons. The highest BCUT2D eigenvalue weighted by Crippen LogP contribution is 2.52. The molecule has 0 aromatic carbocycles. The Kier molecular flexibility index (Phi) is 30.5. The zero-order valence-electron chi connectivity index (χ0n) is 19.6. The normalized spacial score (nSPS) is 13.7. The molecule has 0 amide bonds. The Bertz CT molecular complexity index is 863. The summed E-state index contributed by atoms with van der Waals surface area (Å²) in [6, 6.07) is 0. The van der Waals surface area contributed by atoms with Crippen molar-refractivity contribution >= 4 is 12.6 Å². The maximum absolute atomic E-state index is 13.2. The van der Waals surface area contributed by atoms with Crippen LogP contribution in [0.5, 0.6) is 0 Å². The van der Waals surface area contributed by atoms with Gasteiger partial charge in [-0.05, 0) is 9.05 Å². The molecule has 0 aromatic rings. The lowest BCUT2D eigenvalue weighted by Crippen LogP contribution is -2.63.